The molecule has 1 aromatic heterocycles. The average molecular weight is 371 g/mol. The van der Waals surface area contributed by atoms with Gasteiger partial charge in [-0.3, -0.25) is 9.59 Å². The van der Waals surface area contributed by atoms with E-state index in [0.717, 1.165) is 12.0 Å². The molecule has 1 aromatic carbocycles. The first-order valence-electron chi connectivity index (χ1n) is 8.83. The van der Waals surface area contributed by atoms with Crippen LogP contribution < -0.4 is 5.32 Å². The Bertz CT molecular complexity index is 735. The molecule has 0 radical (unpaired) electrons. The van der Waals surface area contributed by atoms with E-state index in [1.165, 1.54) is 11.3 Å². The van der Waals surface area contributed by atoms with Crippen LogP contribution in [0.1, 0.15) is 35.2 Å². The van der Waals surface area contributed by atoms with Gasteiger partial charge in [0.1, 0.15) is 0 Å². The third-order valence-electron chi connectivity index (χ3n) is 4.97. The molecule has 136 valence electrons. The minimum atomic E-state index is -1.65. The second-order valence-corrected chi connectivity index (χ2v) is 7.52. The molecule has 0 spiro atoms. The smallest absolute Gasteiger partial charge is 0.426 e. The van der Waals surface area contributed by atoms with Gasteiger partial charge in [0.2, 0.25) is 5.91 Å². The zero-order valence-corrected chi connectivity index (χ0v) is 15.2. The van der Waals surface area contributed by atoms with E-state index in [0.29, 0.717) is 24.8 Å². The van der Waals surface area contributed by atoms with Gasteiger partial charge in [-0.05, 0) is 41.7 Å². The zero-order chi connectivity index (χ0) is 18.5. The lowest BCUT2D eigenvalue weighted by atomic mass is 9.75. The van der Waals surface area contributed by atoms with Crippen molar-refractivity contribution in [3.63, 3.8) is 0 Å². The van der Waals surface area contributed by atoms with E-state index in [4.69, 9.17) is 0 Å². The van der Waals surface area contributed by atoms with Crippen molar-refractivity contribution in [3.8, 4) is 0 Å². The van der Waals surface area contributed by atoms with Gasteiger partial charge in [-0.15, -0.1) is 0 Å². The molecule has 0 unspecified atom stereocenters. The van der Waals surface area contributed by atoms with Gasteiger partial charge in [0.25, 0.3) is 0 Å². The molecule has 0 aliphatic heterocycles. The molecule has 1 heterocycles. The maximum Gasteiger partial charge on any atom is 0.475 e. The summed E-state index contributed by atoms with van der Waals surface area (Å²) < 4.78 is 0. The number of nitrogens with one attached hydrogen (secondary N) is 1. The molecule has 1 aliphatic carbocycles. The Morgan fingerprint density at radius 1 is 1.15 bits per heavy atom. The van der Waals surface area contributed by atoms with E-state index in [1.807, 2.05) is 35.0 Å². The Balaban J connectivity index is 1.68. The molecule has 0 saturated heterocycles. The standard InChI is InChI=1S/C19H22BNO4S/c22-18(14-5-2-1-3-6-14)15-7-4-8-16(15)19(23)21-17(20(24)25)11-13-9-10-26-12-13/h1-3,5-6,9-10,12,15-17,24-25H,4,7-8,11H2,(H,21,23)/t15-,16-,17+/m1/s1. The van der Waals surface area contributed by atoms with Crippen LogP contribution in [0.5, 0.6) is 0 Å². The first kappa shape index (κ1) is 18.8. The Labute approximate surface area is 157 Å². The third-order valence-corrected chi connectivity index (χ3v) is 5.70. The average Bonchev–Trinajstić information content (AvgIpc) is 3.32. The third kappa shape index (κ3) is 4.41. The van der Waals surface area contributed by atoms with Crippen LogP contribution in [0.3, 0.4) is 0 Å². The molecule has 1 aliphatic rings. The quantitative estimate of drug-likeness (QED) is 0.514. The van der Waals surface area contributed by atoms with Crippen molar-refractivity contribution in [3.05, 3.63) is 58.3 Å². The number of amides is 1. The molecule has 0 bridgehead atoms. The summed E-state index contributed by atoms with van der Waals surface area (Å²) in [5.74, 6) is -1.85. The lowest BCUT2D eigenvalue weighted by molar-refractivity contribution is -0.126. The topological polar surface area (TPSA) is 86.6 Å². The summed E-state index contributed by atoms with van der Waals surface area (Å²) in [4.78, 5) is 25.5. The number of ketones is 1. The summed E-state index contributed by atoms with van der Waals surface area (Å²) in [6.45, 7) is 0. The molecule has 3 rings (SSSR count). The maximum absolute atomic E-state index is 12.8. The van der Waals surface area contributed by atoms with E-state index >= 15 is 0 Å². The molecule has 1 saturated carbocycles. The van der Waals surface area contributed by atoms with E-state index in [1.54, 1.807) is 12.1 Å². The summed E-state index contributed by atoms with van der Waals surface area (Å²) in [6.07, 6.45) is 2.49. The Kier molecular flexibility index (Phi) is 6.24. The van der Waals surface area contributed by atoms with Crippen LogP contribution >= 0.6 is 11.3 Å². The van der Waals surface area contributed by atoms with Gasteiger partial charge in [0.05, 0.1) is 5.94 Å². The van der Waals surface area contributed by atoms with E-state index in [2.05, 4.69) is 5.32 Å². The van der Waals surface area contributed by atoms with Gasteiger partial charge in [-0.1, -0.05) is 36.8 Å². The molecule has 3 atom stereocenters. The number of Topliss-reactive ketones (excluding diaryl/α,β-unsaturated/α-hetero) is 1. The number of carbonyl (C=O) groups excluding carboxylic acids is 2. The van der Waals surface area contributed by atoms with Crippen molar-refractivity contribution in [2.45, 2.75) is 31.6 Å². The van der Waals surface area contributed by atoms with Crippen LogP contribution in [-0.4, -0.2) is 34.8 Å². The fourth-order valence-electron chi connectivity index (χ4n) is 3.59. The second kappa shape index (κ2) is 8.62. The summed E-state index contributed by atoms with van der Waals surface area (Å²) in [7, 11) is -1.65. The normalized spacial score (nSPS) is 20.5. The molecule has 26 heavy (non-hydrogen) atoms. The molecule has 2 aromatic rings. The number of benzene rings is 1. The summed E-state index contributed by atoms with van der Waals surface area (Å²) in [6, 6.07) is 10.9. The highest BCUT2D eigenvalue weighted by atomic mass is 32.1. The monoisotopic (exact) mass is 371 g/mol. The minimum Gasteiger partial charge on any atom is -0.426 e. The van der Waals surface area contributed by atoms with Gasteiger partial charge >= 0.3 is 7.12 Å². The van der Waals surface area contributed by atoms with Crippen LogP contribution in [0.4, 0.5) is 0 Å². The molecule has 1 fully saturated rings. The highest BCUT2D eigenvalue weighted by Gasteiger charge is 2.39. The number of hydrogen-bond acceptors (Lipinski definition) is 5. The fourth-order valence-corrected chi connectivity index (χ4v) is 4.27. The van der Waals surface area contributed by atoms with Crippen molar-refractivity contribution in [2.24, 2.45) is 11.8 Å². The highest BCUT2D eigenvalue weighted by molar-refractivity contribution is 7.07. The van der Waals surface area contributed by atoms with Crippen molar-refractivity contribution in [1.29, 1.82) is 0 Å². The molecular formula is C19H22BNO4S. The van der Waals surface area contributed by atoms with E-state index in [9.17, 15) is 19.6 Å². The van der Waals surface area contributed by atoms with Crippen LogP contribution in [0, 0.1) is 11.8 Å². The number of hydrogen-bond donors (Lipinski definition) is 3. The summed E-state index contributed by atoms with van der Waals surface area (Å²) in [5, 5.41) is 25.8. The first-order chi connectivity index (χ1) is 12.6. The predicted octanol–water partition coefficient (Wildman–Crippen LogP) is 2.09. The van der Waals surface area contributed by atoms with E-state index in [-0.39, 0.29) is 17.6 Å². The molecule has 1 amide bonds. The van der Waals surface area contributed by atoms with Crippen molar-refractivity contribution in [2.75, 3.05) is 0 Å². The first-order valence-corrected chi connectivity index (χ1v) is 9.77. The maximum atomic E-state index is 12.8. The molecule has 5 nitrogen and oxygen atoms in total. The molecule has 3 N–H and O–H groups in total. The minimum absolute atomic E-state index is 0.0119. The fraction of sp³-hybridized carbons (Fsp3) is 0.368. The van der Waals surface area contributed by atoms with Gasteiger partial charge in [-0.25, -0.2) is 0 Å². The lowest BCUT2D eigenvalue weighted by Gasteiger charge is -2.23. The number of rotatable bonds is 7. The SMILES string of the molecule is O=C(N[C@@H](Cc1ccsc1)B(O)O)[C@@H]1CCC[C@H]1C(=O)c1ccccc1. The zero-order valence-electron chi connectivity index (χ0n) is 14.4. The highest BCUT2D eigenvalue weighted by Crippen LogP contribution is 2.34. The van der Waals surface area contributed by atoms with Crippen LogP contribution in [0.15, 0.2) is 47.2 Å². The van der Waals surface area contributed by atoms with Gasteiger partial charge in [0.15, 0.2) is 5.78 Å². The van der Waals surface area contributed by atoms with Crippen molar-refractivity contribution in [1.82, 2.24) is 5.32 Å². The lowest BCUT2D eigenvalue weighted by Crippen LogP contribution is -2.50. The predicted molar refractivity (Wildman–Crippen MR) is 102 cm³/mol. The molecule has 7 heteroatoms. The second-order valence-electron chi connectivity index (χ2n) is 6.74. The van der Waals surface area contributed by atoms with Crippen molar-refractivity contribution < 1.29 is 19.6 Å². The summed E-state index contributed by atoms with van der Waals surface area (Å²) in [5.41, 5.74) is 1.56. The number of thiophene rings is 1. The van der Waals surface area contributed by atoms with Gasteiger partial charge in [-0.2, -0.15) is 11.3 Å². The van der Waals surface area contributed by atoms with Crippen LogP contribution in [-0.2, 0) is 11.2 Å². The Morgan fingerprint density at radius 3 is 2.54 bits per heavy atom. The van der Waals surface area contributed by atoms with Gasteiger partial charge in [0, 0.05) is 17.4 Å². The van der Waals surface area contributed by atoms with Gasteiger partial charge < -0.3 is 15.4 Å². The summed E-state index contributed by atoms with van der Waals surface area (Å²) >= 11 is 1.52. The van der Waals surface area contributed by atoms with E-state index < -0.39 is 19.0 Å². The largest absolute Gasteiger partial charge is 0.475 e. The van der Waals surface area contributed by atoms with Crippen molar-refractivity contribution >= 4 is 30.1 Å². The van der Waals surface area contributed by atoms with Crippen LogP contribution in [0.2, 0.25) is 0 Å². The Hall–Kier alpha value is -1.96. The Morgan fingerprint density at radius 2 is 1.88 bits per heavy atom. The molecular weight excluding hydrogens is 349 g/mol. The van der Waals surface area contributed by atoms with Crippen LogP contribution in [0.25, 0.3) is 0 Å². The number of carbonyl (C=O) groups is 2.